The molecule has 0 saturated heterocycles. The first-order valence-corrected chi connectivity index (χ1v) is 8.68. The molecule has 0 amide bonds. The van der Waals surface area contributed by atoms with Crippen molar-refractivity contribution in [3.05, 3.63) is 89.2 Å². The van der Waals surface area contributed by atoms with E-state index in [1.54, 1.807) is 10.9 Å². The zero-order valence-electron chi connectivity index (χ0n) is 14.2. The van der Waals surface area contributed by atoms with E-state index >= 15 is 0 Å². The second-order valence-corrected chi connectivity index (χ2v) is 6.33. The van der Waals surface area contributed by atoms with Gasteiger partial charge in [0.05, 0.1) is 28.8 Å². The fraction of sp³-hybridized carbons (Fsp3) is 0.0476. The van der Waals surface area contributed by atoms with Crippen molar-refractivity contribution in [2.75, 3.05) is 5.43 Å². The van der Waals surface area contributed by atoms with E-state index in [1.807, 2.05) is 55.5 Å². The van der Waals surface area contributed by atoms with Gasteiger partial charge in [-0.2, -0.15) is 10.2 Å². The van der Waals surface area contributed by atoms with Gasteiger partial charge < -0.3 is 0 Å². The fourth-order valence-corrected chi connectivity index (χ4v) is 3.15. The number of para-hydroxylation sites is 1. The van der Waals surface area contributed by atoms with Crippen LogP contribution in [0.2, 0.25) is 5.15 Å². The molecule has 26 heavy (non-hydrogen) atoms. The fourth-order valence-electron chi connectivity index (χ4n) is 2.83. The lowest BCUT2D eigenvalue weighted by Crippen LogP contribution is -1.96. The Bertz CT molecular complexity index is 1080. The highest BCUT2D eigenvalue weighted by Crippen LogP contribution is 2.22. The van der Waals surface area contributed by atoms with Crippen molar-refractivity contribution in [1.82, 2.24) is 9.78 Å². The van der Waals surface area contributed by atoms with Crippen LogP contribution in [0.1, 0.15) is 11.3 Å². The molecular weight excluding hydrogens is 344 g/mol. The molecule has 0 fully saturated rings. The normalized spacial score (nSPS) is 11.3. The number of hydrogen-bond donors (Lipinski definition) is 1. The van der Waals surface area contributed by atoms with E-state index in [0.717, 1.165) is 22.6 Å². The second kappa shape index (κ2) is 7.02. The molecule has 0 radical (unpaired) electrons. The van der Waals surface area contributed by atoms with E-state index in [0.29, 0.717) is 5.15 Å². The third-order valence-electron chi connectivity index (χ3n) is 4.19. The maximum atomic E-state index is 6.51. The predicted octanol–water partition coefficient (Wildman–Crippen LogP) is 5.43. The number of fused-ring (bicyclic) bond motifs is 1. The van der Waals surface area contributed by atoms with Gasteiger partial charge in [0.1, 0.15) is 5.15 Å². The maximum absolute atomic E-state index is 6.51. The Morgan fingerprint density at radius 1 is 0.962 bits per heavy atom. The Balaban J connectivity index is 1.57. The van der Waals surface area contributed by atoms with Crippen LogP contribution >= 0.6 is 11.6 Å². The Hall–Kier alpha value is -3.11. The summed E-state index contributed by atoms with van der Waals surface area (Å²) in [6, 6.07) is 24.2. The summed E-state index contributed by atoms with van der Waals surface area (Å²) >= 11 is 6.51. The van der Waals surface area contributed by atoms with Gasteiger partial charge in [-0.25, -0.2) is 4.68 Å². The molecule has 0 aliphatic rings. The van der Waals surface area contributed by atoms with Crippen molar-refractivity contribution in [2.24, 2.45) is 5.10 Å². The highest BCUT2D eigenvalue weighted by atomic mass is 35.5. The molecule has 0 bridgehead atoms. The first-order valence-electron chi connectivity index (χ1n) is 8.31. The minimum atomic E-state index is 0.540. The minimum absolute atomic E-state index is 0.540. The van der Waals surface area contributed by atoms with Crippen LogP contribution in [0.4, 0.5) is 5.69 Å². The summed E-state index contributed by atoms with van der Waals surface area (Å²) in [5, 5.41) is 11.8. The standard InChI is InChI=1S/C21H17ClN4/c1-15-20(21(22)26(25-15)19-9-3-2-4-10-19)14-23-24-18-12-11-16-7-5-6-8-17(16)13-18/h2-14,24H,1H3/b23-14+. The maximum Gasteiger partial charge on any atom is 0.142 e. The van der Waals surface area contributed by atoms with Crippen LogP contribution in [0.5, 0.6) is 0 Å². The van der Waals surface area contributed by atoms with E-state index in [2.05, 4.69) is 39.9 Å². The van der Waals surface area contributed by atoms with E-state index in [4.69, 9.17) is 11.6 Å². The number of halogens is 1. The summed E-state index contributed by atoms with van der Waals surface area (Å²) in [6.07, 6.45) is 1.71. The number of hydrazone groups is 1. The average Bonchev–Trinajstić information content (AvgIpc) is 2.97. The zero-order chi connectivity index (χ0) is 17.9. The van der Waals surface area contributed by atoms with E-state index in [1.165, 1.54) is 10.8 Å². The molecule has 0 spiro atoms. The van der Waals surface area contributed by atoms with Crippen molar-refractivity contribution in [3.63, 3.8) is 0 Å². The monoisotopic (exact) mass is 360 g/mol. The molecule has 1 N–H and O–H groups in total. The number of hydrogen-bond acceptors (Lipinski definition) is 3. The highest BCUT2D eigenvalue weighted by molar-refractivity contribution is 6.32. The number of anilines is 1. The van der Waals surface area contributed by atoms with Crippen molar-refractivity contribution in [1.29, 1.82) is 0 Å². The van der Waals surface area contributed by atoms with Gasteiger partial charge in [-0.05, 0) is 42.0 Å². The van der Waals surface area contributed by atoms with Gasteiger partial charge in [-0.3, -0.25) is 5.43 Å². The number of rotatable bonds is 4. The van der Waals surface area contributed by atoms with Gasteiger partial charge in [0.15, 0.2) is 0 Å². The Morgan fingerprint density at radius 3 is 2.50 bits per heavy atom. The number of nitrogens with one attached hydrogen (secondary N) is 1. The van der Waals surface area contributed by atoms with Crippen LogP contribution < -0.4 is 5.43 Å². The van der Waals surface area contributed by atoms with Crippen LogP contribution in [-0.2, 0) is 0 Å². The van der Waals surface area contributed by atoms with Gasteiger partial charge in [0.2, 0.25) is 0 Å². The number of benzene rings is 3. The van der Waals surface area contributed by atoms with Crippen molar-refractivity contribution < 1.29 is 0 Å². The summed E-state index contributed by atoms with van der Waals surface area (Å²) in [7, 11) is 0. The summed E-state index contributed by atoms with van der Waals surface area (Å²) in [5.41, 5.74) is 6.52. The van der Waals surface area contributed by atoms with E-state index in [-0.39, 0.29) is 0 Å². The molecule has 0 saturated carbocycles. The number of nitrogens with zero attached hydrogens (tertiary/aromatic N) is 3. The predicted molar refractivity (Wildman–Crippen MR) is 108 cm³/mol. The lowest BCUT2D eigenvalue weighted by molar-refractivity contribution is 0.863. The topological polar surface area (TPSA) is 42.2 Å². The average molecular weight is 361 g/mol. The molecule has 0 unspecified atom stereocenters. The van der Waals surface area contributed by atoms with Gasteiger partial charge >= 0.3 is 0 Å². The molecule has 0 atom stereocenters. The van der Waals surface area contributed by atoms with Gasteiger partial charge in [-0.1, -0.05) is 60.1 Å². The molecule has 128 valence electrons. The van der Waals surface area contributed by atoms with E-state index in [9.17, 15) is 0 Å². The number of aryl methyl sites for hydroxylation is 1. The smallest absolute Gasteiger partial charge is 0.142 e. The molecule has 0 aliphatic heterocycles. The van der Waals surface area contributed by atoms with Crippen LogP contribution in [0, 0.1) is 6.92 Å². The van der Waals surface area contributed by atoms with Crippen LogP contribution in [0.25, 0.3) is 16.5 Å². The molecule has 4 aromatic rings. The minimum Gasteiger partial charge on any atom is -0.278 e. The summed E-state index contributed by atoms with van der Waals surface area (Å²) in [6.45, 7) is 1.92. The zero-order valence-corrected chi connectivity index (χ0v) is 15.0. The quantitative estimate of drug-likeness (QED) is 0.389. The highest BCUT2D eigenvalue weighted by Gasteiger charge is 2.12. The summed E-state index contributed by atoms with van der Waals surface area (Å²) in [4.78, 5) is 0. The molecular formula is C21H17ClN4. The molecule has 3 aromatic carbocycles. The van der Waals surface area contributed by atoms with Crippen LogP contribution in [0.15, 0.2) is 77.9 Å². The van der Waals surface area contributed by atoms with Gasteiger partial charge in [0.25, 0.3) is 0 Å². The van der Waals surface area contributed by atoms with Crippen molar-refractivity contribution in [3.8, 4) is 5.69 Å². The Labute approximate surface area is 156 Å². The third kappa shape index (κ3) is 3.19. The lowest BCUT2D eigenvalue weighted by atomic mass is 10.1. The van der Waals surface area contributed by atoms with Crippen molar-refractivity contribution >= 4 is 34.3 Å². The van der Waals surface area contributed by atoms with E-state index < -0.39 is 0 Å². The summed E-state index contributed by atoms with van der Waals surface area (Å²) < 4.78 is 1.72. The lowest BCUT2D eigenvalue weighted by Gasteiger charge is -2.03. The largest absolute Gasteiger partial charge is 0.278 e. The first kappa shape index (κ1) is 16.4. The Kier molecular flexibility index (Phi) is 4.42. The molecule has 4 rings (SSSR count). The van der Waals surface area contributed by atoms with Gasteiger partial charge in [0, 0.05) is 0 Å². The summed E-state index contributed by atoms with van der Waals surface area (Å²) in [5.74, 6) is 0. The SMILES string of the molecule is Cc1nn(-c2ccccc2)c(Cl)c1/C=N/Nc1ccc2ccccc2c1. The first-order chi connectivity index (χ1) is 12.7. The molecule has 1 heterocycles. The van der Waals surface area contributed by atoms with Gasteiger partial charge in [-0.15, -0.1) is 0 Å². The number of aromatic nitrogens is 2. The molecule has 0 aliphatic carbocycles. The molecule has 4 nitrogen and oxygen atoms in total. The van der Waals surface area contributed by atoms with Crippen LogP contribution in [0.3, 0.4) is 0 Å². The third-order valence-corrected chi connectivity index (χ3v) is 4.55. The van der Waals surface area contributed by atoms with Crippen LogP contribution in [-0.4, -0.2) is 16.0 Å². The Morgan fingerprint density at radius 2 is 1.69 bits per heavy atom. The molecule has 5 heteroatoms. The second-order valence-electron chi connectivity index (χ2n) is 5.97. The van der Waals surface area contributed by atoms with Crippen molar-refractivity contribution in [2.45, 2.75) is 6.92 Å². The molecule has 1 aromatic heterocycles.